The third-order valence-electron chi connectivity index (χ3n) is 2.34. The lowest BCUT2D eigenvalue weighted by atomic mass is 10.3. The van der Waals surface area contributed by atoms with Crippen LogP contribution in [-0.2, 0) is 6.42 Å². The Morgan fingerprint density at radius 1 is 1.56 bits per heavy atom. The number of nitrogens with one attached hydrogen (secondary N) is 1. The van der Waals surface area contributed by atoms with Crippen molar-refractivity contribution in [2.24, 2.45) is 0 Å². The Morgan fingerprint density at radius 2 is 2.31 bits per heavy atom. The van der Waals surface area contributed by atoms with Crippen molar-refractivity contribution in [1.82, 2.24) is 10.1 Å². The minimum atomic E-state index is -0.149. The van der Waals surface area contributed by atoms with Crippen LogP contribution in [0.25, 0.3) is 0 Å². The van der Waals surface area contributed by atoms with E-state index >= 15 is 0 Å². The molecule has 0 fully saturated rings. The molecule has 1 N–H and O–H groups in total. The average Bonchev–Trinajstić information content (AvgIpc) is 2.73. The molecule has 0 atom stereocenters. The molecular weight excluding hydrogens is 206 g/mol. The van der Waals surface area contributed by atoms with Crippen molar-refractivity contribution in [3.05, 3.63) is 11.8 Å². The van der Waals surface area contributed by atoms with E-state index in [-0.39, 0.29) is 6.03 Å². The second kappa shape index (κ2) is 6.15. The summed E-state index contributed by atoms with van der Waals surface area (Å²) in [6.07, 6.45) is 2.85. The first-order valence-electron chi connectivity index (χ1n) is 5.65. The van der Waals surface area contributed by atoms with E-state index < -0.39 is 0 Å². The van der Waals surface area contributed by atoms with Gasteiger partial charge in [-0.2, -0.15) is 0 Å². The van der Waals surface area contributed by atoms with Crippen LogP contribution in [0, 0.1) is 0 Å². The first kappa shape index (κ1) is 12.5. The molecule has 5 heteroatoms. The maximum atomic E-state index is 11.6. The molecular formula is C11H19N3O2. The Morgan fingerprint density at radius 3 is 2.88 bits per heavy atom. The predicted molar refractivity (Wildman–Crippen MR) is 62.4 cm³/mol. The van der Waals surface area contributed by atoms with Crippen molar-refractivity contribution in [3.63, 3.8) is 0 Å². The van der Waals surface area contributed by atoms with Crippen LogP contribution in [0.2, 0.25) is 0 Å². The molecule has 0 bridgehead atoms. The number of aryl methyl sites for hydroxylation is 1. The highest BCUT2D eigenvalue weighted by Gasteiger charge is 2.10. The minimum absolute atomic E-state index is 0.149. The van der Waals surface area contributed by atoms with E-state index in [1.54, 1.807) is 18.0 Å². The largest absolute Gasteiger partial charge is 0.359 e. The second-order valence-corrected chi connectivity index (χ2v) is 3.74. The van der Waals surface area contributed by atoms with Gasteiger partial charge in [0.1, 0.15) is 5.76 Å². The van der Waals surface area contributed by atoms with Crippen molar-refractivity contribution in [2.75, 3.05) is 18.9 Å². The third kappa shape index (κ3) is 3.56. The number of carbonyl (C=O) groups excluding carboxylic acids is 1. The zero-order chi connectivity index (χ0) is 12.0. The molecule has 0 aliphatic carbocycles. The number of anilines is 1. The molecule has 0 unspecified atom stereocenters. The van der Waals surface area contributed by atoms with Crippen molar-refractivity contribution in [2.45, 2.75) is 33.1 Å². The van der Waals surface area contributed by atoms with Gasteiger partial charge < -0.3 is 9.42 Å². The zero-order valence-electron chi connectivity index (χ0n) is 10.1. The molecule has 5 nitrogen and oxygen atoms in total. The van der Waals surface area contributed by atoms with Crippen molar-refractivity contribution >= 4 is 11.8 Å². The van der Waals surface area contributed by atoms with Crippen LogP contribution in [0.5, 0.6) is 0 Å². The first-order chi connectivity index (χ1) is 7.67. The molecule has 0 aromatic carbocycles. The molecule has 1 rings (SSSR count). The van der Waals surface area contributed by atoms with Gasteiger partial charge in [0.25, 0.3) is 0 Å². The summed E-state index contributed by atoms with van der Waals surface area (Å²) in [4.78, 5) is 13.3. The number of amides is 2. The van der Waals surface area contributed by atoms with E-state index in [1.807, 2.05) is 6.92 Å². The predicted octanol–water partition coefficient (Wildman–Crippen LogP) is 2.50. The third-order valence-corrected chi connectivity index (χ3v) is 2.34. The topological polar surface area (TPSA) is 58.4 Å². The number of rotatable bonds is 5. The number of aromatic nitrogens is 1. The zero-order valence-corrected chi connectivity index (χ0v) is 10.1. The van der Waals surface area contributed by atoms with E-state index in [9.17, 15) is 4.79 Å². The first-order valence-corrected chi connectivity index (χ1v) is 5.65. The summed E-state index contributed by atoms with van der Waals surface area (Å²) in [5, 5.41) is 6.44. The highest BCUT2D eigenvalue weighted by molar-refractivity contribution is 5.87. The Bertz CT molecular complexity index is 336. The SMILES string of the molecule is CCCCN(C)C(=O)Nc1cc(CC)on1. The lowest BCUT2D eigenvalue weighted by molar-refractivity contribution is 0.221. The fourth-order valence-corrected chi connectivity index (χ4v) is 1.24. The molecule has 1 aromatic heterocycles. The van der Waals surface area contributed by atoms with Gasteiger partial charge in [-0.05, 0) is 6.42 Å². The molecule has 2 amide bonds. The van der Waals surface area contributed by atoms with Gasteiger partial charge in [0, 0.05) is 26.1 Å². The van der Waals surface area contributed by atoms with Gasteiger partial charge in [0.05, 0.1) is 0 Å². The van der Waals surface area contributed by atoms with E-state index in [1.165, 1.54) is 0 Å². The van der Waals surface area contributed by atoms with E-state index in [4.69, 9.17) is 4.52 Å². The number of urea groups is 1. The molecule has 16 heavy (non-hydrogen) atoms. The van der Waals surface area contributed by atoms with Gasteiger partial charge in [-0.15, -0.1) is 0 Å². The molecule has 0 aliphatic heterocycles. The fourth-order valence-electron chi connectivity index (χ4n) is 1.24. The van der Waals surface area contributed by atoms with Gasteiger partial charge in [0.2, 0.25) is 0 Å². The summed E-state index contributed by atoms with van der Waals surface area (Å²) in [6, 6.07) is 1.59. The molecule has 0 radical (unpaired) electrons. The molecule has 1 heterocycles. The number of nitrogens with zero attached hydrogens (tertiary/aromatic N) is 2. The molecule has 0 spiro atoms. The van der Waals surface area contributed by atoms with Crippen molar-refractivity contribution in [3.8, 4) is 0 Å². The summed E-state index contributed by atoms with van der Waals surface area (Å²) in [5.74, 6) is 1.25. The number of carbonyl (C=O) groups is 1. The molecule has 0 aliphatic rings. The summed E-state index contributed by atoms with van der Waals surface area (Å²) in [7, 11) is 1.77. The maximum absolute atomic E-state index is 11.6. The smallest absolute Gasteiger partial charge is 0.322 e. The molecule has 0 saturated carbocycles. The standard InChI is InChI=1S/C11H19N3O2/c1-4-6-7-14(3)11(15)12-10-8-9(5-2)16-13-10/h8H,4-7H2,1-3H3,(H,12,13,15). The summed E-state index contributed by atoms with van der Waals surface area (Å²) in [6.45, 7) is 4.82. The van der Waals surface area contributed by atoms with Crippen molar-refractivity contribution < 1.29 is 9.32 Å². The number of unbranched alkanes of at least 4 members (excludes halogenated alkanes) is 1. The minimum Gasteiger partial charge on any atom is -0.359 e. The Kier molecular flexibility index (Phi) is 4.82. The van der Waals surface area contributed by atoms with E-state index in [0.717, 1.165) is 31.6 Å². The lowest BCUT2D eigenvalue weighted by Crippen LogP contribution is -2.32. The Hall–Kier alpha value is -1.52. The van der Waals surface area contributed by atoms with Crippen molar-refractivity contribution in [1.29, 1.82) is 0 Å². The average molecular weight is 225 g/mol. The quantitative estimate of drug-likeness (QED) is 0.837. The van der Waals surface area contributed by atoms with Crippen LogP contribution in [0.4, 0.5) is 10.6 Å². The summed E-state index contributed by atoms with van der Waals surface area (Å²) >= 11 is 0. The lowest BCUT2D eigenvalue weighted by Gasteiger charge is -2.15. The van der Waals surface area contributed by atoms with Crippen LogP contribution in [0.3, 0.4) is 0 Å². The summed E-state index contributed by atoms with van der Waals surface area (Å²) < 4.78 is 4.99. The number of hydrogen-bond acceptors (Lipinski definition) is 3. The monoisotopic (exact) mass is 225 g/mol. The van der Waals surface area contributed by atoms with Crippen LogP contribution in [0.15, 0.2) is 10.6 Å². The van der Waals surface area contributed by atoms with Gasteiger partial charge >= 0.3 is 6.03 Å². The van der Waals surface area contributed by atoms with Gasteiger partial charge in [-0.25, -0.2) is 4.79 Å². The molecule has 0 saturated heterocycles. The maximum Gasteiger partial charge on any atom is 0.322 e. The van der Waals surface area contributed by atoms with E-state index in [2.05, 4.69) is 17.4 Å². The van der Waals surface area contributed by atoms with Gasteiger partial charge in [0.15, 0.2) is 5.82 Å². The van der Waals surface area contributed by atoms with E-state index in [0.29, 0.717) is 5.82 Å². The second-order valence-electron chi connectivity index (χ2n) is 3.74. The normalized spacial score (nSPS) is 10.2. The fraction of sp³-hybridized carbons (Fsp3) is 0.636. The highest BCUT2D eigenvalue weighted by atomic mass is 16.5. The Balaban J connectivity index is 2.44. The van der Waals surface area contributed by atoms with Crippen LogP contribution in [-0.4, -0.2) is 29.7 Å². The highest BCUT2D eigenvalue weighted by Crippen LogP contribution is 2.09. The summed E-state index contributed by atoms with van der Waals surface area (Å²) in [5.41, 5.74) is 0. The molecule has 90 valence electrons. The van der Waals surface area contributed by atoms with Crippen LogP contribution >= 0.6 is 0 Å². The van der Waals surface area contributed by atoms with Gasteiger partial charge in [-0.1, -0.05) is 25.4 Å². The van der Waals surface area contributed by atoms with Gasteiger partial charge in [-0.3, -0.25) is 5.32 Å². The van der Waals surface area contributed by atoms with Crippen LogP contribution in [0.1, 0.15) is 32.4 Å². The van der Waals surface area contributed by atoms with Crippen LogP contribution < -0.4 is 5.32 Å². The Labute approximate surface area is 95.8 Å². The number of hydrogen-bond donors (Lipinski definition) is 1. The molecule has 1 aromatic rings.